The van der Waals surface area contributed by atoms with Crippen LogP contribution in [0.2, 0.25) is 10.0 Å². The summed E-state index contributed by atoms with van der Waals surface area (Å²) >= 11 is 12.0. The molecule has 0 saturated heterocycles. The van der Waals surface area contributed by atoms with E-state index in [9.17, 15) is 8.42 Å². The van der Waals surface area contributed by atoms with Crippen molar-refractivity contribution in [2.45, 2.75) is 6.92 Å². The van der Waals surface area contributed by atoms with Crippen LogP contribution in [0.5, 0.6) is 5.75 Å². The van der Waals surface area contributed by atoms with Gasteiger partial charge in [0.25, 0.3) is 0 Å². The number of hydrogen-bond donors (Lipinski definition) is 1. The number of aryl methyl sites for hydroxylation is 1. The number of nitrogens with one attached hydrogen (secondary N) is 1. The fraction of sp³-hybridized carbons (Fsp3) is 0.0909. The highest BCUT2D eigenvalue weighted by molar-refractivity contribution is 7.86. The van der Waals surface area contributed by atoms with Gasteiger partial charge in [-0.25, -0.2) is 4.99 Å². The summed E-state index contributed by atoms with van der Waals surface area (Å²) in [5.74, 6) is 0.217. The smallest absolute Gasteiger partial charge is 0.306 e. The van der Waals surface area contributed by atoms with E-state index in [-0.39, 0.29) is 5.75 Å². The zero-order valence-corrected chi connectivity index (χ0v) is 19.0. The van der Waals surface area contributed by atoms with E-state index >= 15 is 0 Å². The van der Waals surface area contributed by atoms with E-state index in [0.717, 1.165) is 28.6 Å². The second-order valence-electron chi connectivity index (χ2n) is 6.60. The fourth-order valence-corrected chi connectivity index (χ4v) is 3.52. The second kappa shape index (κ2) is 9.96. The van der Waals surface area contributed by atoms with Gasteiger partial charge >= 0.3 is 10.1 Å². The molecule has 0 aromatic heterocycles. The molecule has 0 fully saturated rings. The lowest BCUT2D eigenvalue weighted by Crippen LogP contribution is -2.11. The van der Waals surface area contributed by atoms with Crippen LogP contribution in [0.3, 0.4) is 0 Å². The van der Waals surface area contributed by atoms with Crippen LogP contribution in [0.15, 0.2) is 76.8 Å². The number of benzene rings is 3. The van der Waals surface area contributed by atoms with Gasteiger partial charge in [0.2, 0.25) is 0 Å². The minimum absolute atomic E-state index is 0.217. The zero-order chi connectivity index (χ0) is 22.4. The largest absolute Gasteiger partial charge is 0.383 e. The van der Waals surface area contributed by atoms with E-state index in [2.05, 4.69) is 15.5 Å². The summed E-state index contributed by atoms with van der Waals surface area (Å²) < 4.78 is 27.5. The Hall–Kier alpha value is -2.87. The van der Waals surface area contributed by atoms with Gasteiger partial charge in [0.1, 0.15) is 12.1 Å². The number of nitrogens with zero attached hydrogens (tertiary/aromatic N) is 2. The van der Waals surface area contributed by atoms with Crippen LogP contribution in [-0.4, -0.2) is 26.7 Å². The third-order valence-electron chi connectivity index (χ3n) is 4.09. The van der Waals surface area contributed by atoms with Crippen molar-refractivity contribution in [2.24, 2.45) is 10.1 Å². The predicted octanol–water partition coefficient (Wildman–Crippen LogP) is 5.34. The molecule has 0 unspecified atom stereocenters. The number of hydrazone groups is 1. The Balaban J connectivity index is 1.87. The Morgan fingerprint density at radius 3 is 2.10 bits per heavy atom. The molecule has 0 saturated carbocycles. The van der Waals surface area contributed by atoms with Gasteiger partial charge in [-0.15, -0.1) is 0 Å². The predicted molar refractivity (Wildman–Crippen MR) is 126 cm³/mol. The summed E-state index contributed by atoms with van der Waals surface area (Å²) in [7, 11) is -3.60. The van der Waals surface area contributed by atoms with Crippen molar-refractivity contribution in [3.8, 4) is 5.75 Å². The van der Waals surface area contributed by atoms with Crippen molar-refractivity contribution >= 4 is 51.1 Å². The molecular weight excluding hydrogens is 457 g/mol. The Morgan fingerprint density at radius 1 is 0.935 bits per heavy atom. The Morgan fingerprint density at radius 2 is 1.52 bits per heavy atom. The average molecular weight is 476 g/mol. The molecule has 0 heterocycles. The highest BCUT2D eigenvalue weighted by Gasteiger charge is 2.10. The maximum Gasteiger partial charge on any atom is 0.306 e. The molecule has 0 amide bonds. The van der Waals surface area contributed by atoms with Gasteiger partial charge < -0.3 is 4.18 Å². The summed E-state index contributed by atoms with van der Waals surface area (Å²) in [6, 6.07) is 19.2. The van der Waals surface area contributed by atoms with E-state index in [1.807, 2.05) is 31.2 Å². The van der Waals surface area contributed by atoms with Crippen LogP contribution in [0, 0.1) is 6.92 Å². The quantitative estimate of drug-likeness (QED) is 0.216. The summed E-state index contributed by atoms with van der Waals surface area (Å²) in [5.41, 5.74) is 6.71. The molecule has 3 aromatic carbocycles. The molecule has 0 aliphatic rings. The van der Waals surface area contributed by atoms with Crippen LogP contribution in [0.1, 0.15) is 16.7 Å². The van der Waals surface area contributed by atoms with Crippen LogP contribution in [-0.2, 0) is 10.1 Å². The first kappa shape index (κ1) is 22.8. The topological polar surface area (TPSA) is 80.1 Å². The molecule has 3 rings (SSSR count). The first-order chi connectivity index (χ1) is 14.7. The van der Waals surface area contributed by atoms with Crippen LogP contribution < -0.4 is 9.61 Å². The fourth-order valence-electron chi connectivity index (χ4n) is 2.70. The number of hydrogen-bond acceptors (Lipinski definition) is 5. The van der Waals surface area contributed by atoms with Gasteiger partial charge in [0.15, 0.2) is 0 Å². The molecule has 31 heavy (non-hydrogen) atoms. The summed E-state index contributed by atoms with van der Waals surface area (Å²) in [4.78, 5) is 4.37. The van der Waals surface area contributed by atoms with E-state index in [4.69, 9.17) is 27.4 Å². The third kappa shape index (κ3) is 6.82. The van der Waals surface area contributed by atoms with Crippen molar-refractivity contribution in [1.82, 2.24) is 5.43 Å². The molecule has 0 bridgehead atoms. The minimum Gasteiger partial charge on any atom is -0.383 e. The minimum atomic E-state index is -3.60. The third-order valence-corrected chi connectivity index (χ3v) is 5.07. The maximum absolute atomic E-state index is 11.3. The van der Waals surface area contributed by atoms with E-state index in [1.165, 1.54) is 6.34 Å². The van der Waals surface area contributed by atoms with Crippen molar-refractivity contribution in [2.75, 3.05) is 6.26 Å². The first-order valence-corrected chi connectivity index (χ1v) is 11.7. The highest BCUT2D eigenvalue weighted by atomic mass is 35.5. The molecule has 3 aromatic rings. The van der Waals surface area contributed by atoms with Gasteiger partial charge in [-0.2, -0.15) is 13.5 Å². The molecule has 160 valence electrons. The molecule has 1 N–H and O–H groups in total. The Labute approximate surface area is 191 Å². The zero-order valence-electron chi connectivity index (χ0n) is 16.7. The normalized spacial score (nSPS) is 12.2. The van der Waals surface area contributed by atoms with E-state index in [0.29, 0.717) is 15.8 Å². The van der Waals surface area contributed by atoms with Gasteiger partial charge in [0.05, 0.1) is 17.7 Å². The monoisotopic (exact) mass is 475 g/mol. The van der Waals surface area contributed by atoms with E-state index < -0.39 is 10.1 Å². The highest BCUT2D eigenvalue weighted by Crippen LogP contribution is 2.22. The van der Waals surface area contributed by atoms with Crippen LogP contribution in [0.25, 0.3) is 0 Å². The Kier molecular flexibility index (Phi) is 7.33. The molecule has 0 aliphatic heterocycles. The van der Waals surface area contributed by atoms with Gasteiger partial charge in [-0.05, 0) is 67.1 Å². The second-order valence-corrected chi connectivity index (χ2v) is 9.05. The van der Waals surface area contributed by atoms with Gasteiger partial charge in [0, 0.05) is 21.2 Å². The lowest BCUT2D eigenvalue weighted by Gasteiger charge is -2.09. The first-order valence-electron chi connectivity index (χ1n) is 9.09. The van der Waals surface area contributed by atoms with Gasteiger partial charge in [-0.3, -0.25) is 5.43 Å². The standard InChI is InChI=1S/C22H19Cl2N3O3S/c1-15-13-19(24)9-12-21(15)25-14-26-27-22(16-3-7-18(23)8-4-16)17-5-10-20(11-6-17)30-31(2,28)29/h3-14H,1-2H3,(H,25,26). The lowest BCUT2D eigenvalue weighted by molar-refractivity contribution is 0.493. The lowest BCUT2D eigenvalue weighted by atomic mass is 10.0. The maximum atomic E-state index is 11.3. The average Bonchev–Trinajstić information content (AvgIpc) is 2.70. The van der Waals surface area contributed by atoms with Crippen molar-refractivity contribution in [1.29, 1.82) is 0 Å². The van der Waals surface area contributed by atoms with Crippen molar-refractivity contribution < 1.29 is 12.6 Å². The molecule has 0 spiro atoms. The van der Waals surface area contributed by atoms with Crippen LogP contribution >= 0.6 is 23.2 Å². The summed E-state index contributed by atoms with van der Waals surface area (Å²) in [6.07, 6.45) is 2.47. The summed E-state index contributed by atoms with van der Waals surface area (Å²) in [6.45, 7) is 1.92. The molecular formula is C22H19Cl2N3O3S. The molecule has 6 nitrogen and oxygen atoms in total. The van der Waals surface area contributed by atoms with E-state index in [1.54, 1.807) is 42.5 Å². The summed E-state index contributed by atoms with van der Waals surface area (Å²) in [5, 5.41) is 5.70. The SMILES string of the molecule is Cc1cc(Cl)ccc1N=CNN=C(c1ccc(Cl)cc1)c1ccc(OS(C)(=O)=O)cc1. The Bertz CT molecular complexity index is 1220. The molecule has 0 aliphatic carbocycles. The molecule has 9 heteroatoms. The molecule has 0 atom stereocenters. The van der Waals surface area contributed by atoms with Gasteiger partial charge in [-0.1, -0.05) is 35.3 Å². The van der Waals surface area contributed by atoms with Crippen LogP contribution in [0.4, 0.5) is 5.69 Å². The van der Waals surface area contributed by atoms with Crippen molar-refractivity contribution in [3.05, 3.63) is 93.5 Å². The van der Waals surface area contributed by atoms with Crippen molar-refractivity contribution in [3.63, 3.8) is 0 Å². The number of rotatable bonds is 7. The molecule has 0 radical (unpaired) electrons. The number of aliphatic imine (C=N–C) groups is 1. The number of halogens is 2.